The van der Waals surface area contributed by atoms with Gasteiger partial charge in [0.1, 0.15) is 11.4 Å². The number of hydrogen-bond donors (Lipinski definition) is 0. The second-order valence-corrected chi connectivity index (χ2v) is 6.04. The monoisotopic (exact) mass is 320 g/mol. The van der Waals surface area contributed by atoms with E-state index in [2.05, 4.69) is 22.1 Å². The Bertz CT molecular complexity index is 747. The Morgan fingerprint density at radius 1 is 1.00 bits per heavy atom. The predicted octanol–water partition coefficient (Wildman–Crippen LogP) is 5.23. The molecule has 0 aliphatic rings. The third-order valence-corrected chi connectivity index (χ3v) is 4.42. The van der Waals surface area contributed by atoms with Crippen LogP contribution in [0.25, 0.3) is 10.9 Å². The SMILES string of the molecule is Clc1cc(Cl)c2ncnc(SCc3ccccc3)c2c1. The summed E-state index contributed by atoms with van der Waals surface area (Å²) in [4.78, 5) is 8.56. The van der Waals surface area contributed by atoms with E-state index in [0.29, 0.717) is 10.0 Å². The molecule has 1 aromatic heterocycles. The minimum absolute atomic E-state index is 0.552. The molecule has 0 saturated heterocycles. The Morgan fingerprint density at radius 3 is 2.60 bits per heavy atom. The van der Waals surface area contributed by atoms with Crippen molar-refractivity contribution >= 4 is 45.9 Å². The van der Waals surface area contributed by atoms with Crippen LogP contribution in [-0.4, -0.2) is 9.97 Å². The Morgan fingerprint density at radius 2 is 1.80 bits per heavy atom. The first-order valence-electron chi connectivity index (χ1n) is 6.00. The van der Waals surface area contributed by atoms with Crippen LogP contribution in [0.4, 0.5) is 0 Å². The maximum absolute atomic E-state index is 6.17. The minimum atomic E-state index is 0.552. The molecular formula is C15H10Cl2N2S. The Balaban J connectivity index is 1.95. The smallest absolute Gasteiger partial charge is 0.117 e. The summed E-state index contributed by atoms with van der Waals surface area (Å²) in [5.41, 5.74) is 1.99. The minimum Gasteiger partial charge on any atom is -0.235 e. The van der Waals surface area contributed by atoms with Crippen molar-refractivity contribution in [3.05, 3.63) is 64.4 Å². The van der Waals surface area contributed by atoms with Gasteiger partial charge in [0.25, 0.3) is 0 Å². The van der Waals surface area contributed by atoms with Gasteiger partial charge in [0.15, 0.2) is 0 Å². The Hall–Kier alpha value is -1.29. The van der Waals surface area contributed by atoms with Crippen molar-refractivity contribution in [2.24, 2.45) is 0 Å². The van der Waals surface area contributed by atoms with Crippen LogP contribution >= 0.6 is 35.0 Å². The average Bonchev–Trinajstić information content (AvgIpc) is 2.46. The van der Waals surface area contributed by atoms with Crippen molar-refractivity contribution in [3.63, 3.8) is 0 Å². The van der Waals surface area contributed by atoms with Gasteiger partial charge in [-0.1, -0.05) is 53.5 Å². The summed E-state index contributed by atoms with van der Waals surface area (Å²) in [6.45, 7) is 0. The van der Waals surface area contributed by atoms with Crippen LogP contribution in [0.2, 0.25) is 10.0 Å². The predicted molar refractivity (Wildman–Crippen MR) is 85.6 cm³/mol. The number of halogens is 2. The lowest BCUT2D eigenvalue weighted by Crippen LogP contribution is -1.89. The highest BCUT2D eigenvalue weighted by atomic mass is 35.5. The molecule has 20 heavy (non-hydrogen) atoms. The highest BCUT2D eigenvalue weighted by Crippen LogP contribution is 2.32. The van der Waals surface area contributed by atoms with E-state index in [1.54, 1.807) is 17.8 Å². The summed E-state index contributed by atoms with van der Waals surface area (Å²) in [7, 11) is 0. The summed E-state index contributed by atoms with van der Waals surface area (Å²) < 4.78 is 0. The molecule has 0 N–H and O–H groups in total. The van der Waals surface area contributed by atoms with Gasteiger partial charge in [0.2, 0.25) is 0 Å². The van der Waals surface area contributed by atoms with E-state index in [1.807, 2.05) is 24.3 Å². The average molecular weight is 321 g/mol. The fourth-order valence-electron chi connectivity index (χ4n) is 1.91. The number of benzene rings is 2. The van der Waals surface area contributed by atoms with Gasteiger partial charge in [-0.25, -0.2) is 9.97 Å². The van der Waals surface area contributed by atoms with Crippen molar-refractivity contribution in [1.29, 1.82) is 0 Å². The lowest BCUT2D eigenvalue weighted by molar-refractivity contribution is 1.10. The van der Waals surface area contributed by atoms with Gasteiger partial charge in [-0.15, -0.1) is 11.8 Å². The summed E-state index contributed by atoms with van der Waals surface area (Å²) in [5, 5.41) is 2.93. The van der Waals surface area contributed by atoms with Crippen molar-refractivity contribution in [1.82, 2.24) is 9.97 Å². The molecule has 0 fully saturated rings. The van der Waals surface area contributed by atoms with Crippen molar-refractivity contribution < 1.29 is 0 Å². The fourth-order valence-corrected chi connectivity index (χ4v) is 3.38. The second-order valence-electron chi connectivity index (χ2n) is 4.24. The number of rotatable bonds is 3. The van der Waals surface area contributed by atoms with Crippen LogP contribution in [0, 0.1) is 0 Å². The summed E-state index contributed by atoms with van der Waals surface area (Å²) in [5.74, 6) is 0.844. The van der Waals surface area contributed by atoms with Crippen LogP contribution < -0.4 is 0 Å². The third-order valence-electron chi connectivity index (χ3n) is 2.84. The molecule has 5 heteroatoms. The molecule has 0 bridgehead atoms. The van der Waals surface area contributed by atoms with Gasteiger partial charge in [-0.05, 0) is 17.7 Å². The molecule has 0 radical (unpaired) electrons. The molecule has 0 saturated carbocycles. The van der Waals surface area contributed by atoms with E-state index in [1.165, 1.54) is 11.9 Å². The Labute approximate surface area is 131 Å². The van der Waals surface area contributed by atoms with Crippen LogP contribution in [0.1, 0.15) is 5.56 Å². The number of nitrogens with zero attached hydrogens (tertiary/aromatic N) is 2. The molecule has 3 rings (SSSR count). The van der Waals surface area contributed by atoms with Crippen molar-refractivity contribution in [2.45, 2.75) is 10.8 Å². The van der Waals surface area contributed by atoms with E-state index in [9.17, 15) is 0 Å². The molecule has 3 aromatic rings. The maximum Gasteiger partial charge on any atom is 0.117 e. The third kappa shape index (κ3) is 2.90. The van der Waals surface area contributed by atoms with Crippen molar-refractivity contribution in [3.8, 4) is 0 Å². The van der Waals surface area contributed by atoms with Crippen molar-refractivity contribution in [2.75, 3.05) is 0 Å². The molecule has 0 aliphatic carbocycles. The van der Waals surface area contributed by atoms with Gasteiger partial charge in [-0.3, -0.25) is 0 Å². The molecule has 100 valence electrons. The van der Waals surface area contributed by atoms with Gasteiger partial charge in [0.05, 0.1) is 10.5 Å². The first-order valence-corrected chi connectivity index (χ1v) is 7.74. The molecule has 0 amide bonds. The van der Waals surface area contributed by atoms with E-state index < -0.39 is 0 Å². The molecule has 0 unspecified atom stereocenters. The van der Waals surface area contributed by atoms with Crippen LogP contribution in [-0.2, 0) is 5.75 Å². The molecule has 2 aromatic carbocycles. The summed E-state index contributed by atoms with van der Waals surface area (Å²) in [6, 6.07) is 13.8. The molecule has 1 heterocycles. The van der Waals surface area contributed by atoms with Crippen LogP contribution in [0.3, 0.4) is 0 Å². The van der Waals surface area contributed by atoms with E-state index in [0.717, 1.165) is 21.7 Å². The highest BCUT2D eigenvalue weighted by molar-refractivity contribution is 7.98. The zero-order valence-corrected chi connectivity index (χ0v) is 12.7. The molecule has 2 nitrogen and oxygen atoms in total. The lowest BCUT2D eigenvalue weighted by atomic mass is 10.2. The van der Waals surface area contributed by atoms with E-state index >= 15 is 0 Å². The second kappa shape index (κ2) is 6.00. The molecule has 0 atom stereocenters. The van der Waals surface area contributed by atoms with Gasteiger partial charge in [-0.2, -0.15) is 0 Å². The molecule has 0 aliphatic heterocycles. The largest absolute Gasteiger partial charge is 0.235 e. The number of thioether (sulfide) groups is 1. The van der Waals surface area contributed by atoms with E-state index in [4.69, 9.17) is 23.2 Å². The van der Waals surface area contributed by atoms with Gasteiger partial charge >= 0.3 is 0 Å². The quantitative estimate of drug-likeness (QED) is 0.488. The fraction of sp³-hybridized carbons (Fsp3) is 0.0667. The van der Waals surface area contributed by atoms with E-state index in [-0.39, 0.29) is 0 Å². The zero-order valence-electron chi connectivity index (χ0n) is 10.4. The van der Waals surface area contributed by atoms with Crippen LogP contribution in [0.15, 0.2) is 53.8 Å². The highest BCUT2D eigenvalue weighted by Gasteiger charge is 2.09. The van der Waals surface area contributed by atoms with Gasteiger partial charge in [0, 0.05) is 16.2 Å². The molecular weight excluding hydrogens is 311 g/mol. The van der Waals surface area contributed by atoms with Gasteiger partial charge < -0.3 is 0 Å². The first kappa shape index (κ1) is 13.7. The number of aromatic nitrogens is 2. The first-order chi connectivity index (χ1) is 9.74. The maximum atomic E-state index is 6.17. The standard InChI is InChI=1S/C15H10Cl2N2S/c16-11-6-12-14(13(17)7-11)18-9-19-15(12)20-8-10-4-2-1-3-5-10/h1-7,9H,8H2. The molecule has 0 spiro atoms. The summed E-state index contributed by atoms with van der Waals surface area (Å²) >= 11 is 13.9. The lowest BCUT2D eigenvalue weighted by Gasteiger charge is -2.06. The topological polar surface area (TPSA) is 25.8 Å². The normalized spacial score (nSPS) is 10.9. The number of hydrogen-bond acceptors (Lipinski definition) is 3. The number of fused-ring (bicyclic) bond motifs is 1. The zero-order chi connectivity index (χ0) is 13.9. The Kier molecular flexibility index (Phi) is 4.10. The summed E-state index contributed by atoms with van der Waals surface area (Å²) in [6.07, 6.45) is 1.54. The van der Waals surface area contributed by atoms with Crippen LogP contribution in [0.5, 0.6) is 0 Å².